The molecular weight excluding hydrogens is 400 g/mol. The lowest BCUT2D eigenvalue weighted by Gasteiger charge is -2.28. The topological polar surface area (TPSA) is 87.0 Å². The van der Waals surface area contributed by atoms with Crippen LogP contribution in [0.5, 0.6) is 0 Å². The Labute approximate surface area is 180 Å². The van der Waals surface area contributed by atoms with Gasteiger partial charge in [-0.1, -0.05) is 17.7 Å². The van der Waals surface area contributed by atoms with Crippen LogP contribution < -0.4 is 10.2 Å². The molecule has 0 aliphatic carbocycles. The van der Waals surface area contributed by atoms with Gasteiger partial charge in [0.25, 0.3) is 0 Å². The molecule has 1 unspecified atom stereocenters. The second-order valence-electron chi connectivity index (χ2n) is 7.46. The van der Waals surface area contributed by atoms with E-state index in [-0.39, 0.29) is 6.04 Å². The van der Waals surface area contributed by atoms with Crippen LogP contribution in [0, 0.1) is 25.2 Å². The normalized spacial score (nSPS) is 15.1. The third-order valence-corrected chi connectivity index (χ3v) is 5.44. The molecule has 7 nitrogen and oxygen atoms in total. The van der Waals surface area contributed by atoms with Crippen LogP contribution in [-0.2, 0) is 4.74 Å². The monoisotopic (exact) mass is 422 g/mol. The van der Waals surface area contributed by atoms with E-state index in [4.69, 9.17) is 21.3 Å². The molecule has 0 bridgehead atoms. The molecule has 3 aromatic rings. The largest absolute Gasteiger partial charge is 0.378 e. The molecule has 30 heavy (non-hydrogen) atoms. The predicted molar refractivity (Wildman–Crippen MR) is 118 cm³/mol. The smallest absolute Gasteiger partial charge is 0.183 e. The number of aryl methyl sites for hydroxylation is 2. The van der Waals surface area contributed by atoms with Gasteiger partial charge < -0.3 is 15.0 Å². The van der Waals surface area contributed by atoms with Gasteiger partial charge in [-0.2, -0.15) is 5.26 Å². The van der Waals surface area contributed by atoms with E-state index < -0.39 is 0 Å². The molecular formula is C22H23ClN6O. The number of anilines is 2. The maximum atomic E-state index is 9.66. The summed E-state index contributed by atoms with van der Waals surface area (Å²) in [4.78, 5) is 16.0. The van der Waals surface area contributed by atoms with E-state index in [1.165, 1.54) is 0 Å². The molecule has 1 saturated heterocycles. The van der Waals surface area contributed by atoms with Crippen molar-refractivity contribution in [3.05, 3.63) is 51.9 Å². The average Bonchev–Trinajstić information content (AvgIpc) is 2.74. The first-order valence-electron chi connectivity index (χ1n) is 9.91. The van der Waals surface area contributed by atoms with Crippen LogP contribution >= 0.6 is 11.6 Å². The zero-order chi connectivity index (χ0) is 21.3. The molecule has 0 saturated carbocycles. The van der Waals surface area contributed by atoms with E-state index in [0.717, 1.165) is 33.5 Å². The van der Waals surface area contributed by atoms with Gasteiger partial charge in [-0.25, -0.2) is 15.0 Å². The van der Waals surface area contributed by atoms with Crippen molar-refractivity contribution in [2.45, 2.75) is 26.8 Å². The number of nitriles is 1. The van der Waals surface area contributed by atoms with Crippen molar-refractivity contribution < 1.29 is 4.74 Å². The van der Waals surface area contributed by atoms with Crippen molar-refractivity contribution >= 4 is 34.1 Å². The van der Waals surface area contributed by atoms with E-state index in [2.05, 4.69) is 39.2 Å². The molecule has 0 spiro atoms. The van der Waals surface area contributed by atoms with Crippen LogP contribution in [0.25, 0.3) is 11.0 Å². The van der Waals surface area contributed by atoms with Gasteiger partial charge in [-0.3, -0.25) is 0 Å². The number of nitrogens with one attached hydrogen (secondary N) is 1. The summed E-state index contributed by atoms with van der Waals surface area (Å²) in [6.07, 6.45) is 0. The summed E-state index contributed by atoms with van der Waals surface area (Å²) in [7, 11) is 0. The van der Waals surface area contributed by atoms with Gasteiger partial charge in [0.1, 0.15) is 11.2 Å². The second-order valence-corrected chi connectivity index (χ2v) is 7.85. The molecule has 4 rings (SSSR count). The molecule has 1 aromatic carbocycles. The van der Waals surface area contributed by atoms with Crippen LogP contribution in [0.4, 0.5) is 11.5 Å². The SMILES string of the molecule is Cc1cc(C(C)Nc2ccc(Cl)nc2C)c2nc(N3CCOCC3)c(C#N)nc2c1. The van der Waals surface area contributed by atoms with Gasteiger partial charge in [0.05, 0.1) is 41.7 Å². The Kier molecular flexibility index (Phi) is 5.71. The van der Waals surface area contributed by atoms with Crippen LogP contribution in [-0.4, -0.2) is 41.3 Å². The fourth-order valence-corrected chi connectivity index (χ4v) is 3.91. The fraction of sp³-hybridized carbons (Fsp3) is 0.364. The number of halogens is 1. The third-order valence-electron chi connectivity index (χ3n) is 5.23. The molecule has 1 aliphatic rings. The Balaban J connectivity index is 1.79. The summed E-state index contributed by atoms with van der Waals surface area (Å²) >= 11 is 5.99. The van der Waals surface area contributed by atoms with E-state index >= 15 is 0 Å². The summed E-state index contributed by atoms with van der Waals surface area (Å²) in [5, 5.41) is 13.6. The predicted octanol–water partition coefficient (Wildman–Crippen LogP) is 4.18. The summed E-state index contributed by atoms with van der Waals surface area (Å²) in [6.45, 7) is 8.65. The standard InChI is InChI=1S/C22H23ClN6O/c1-13-10-16(14(2)25-17-4-5-20(23)26-15(17)3)21-18(11-13)27-19(12-24)22(28-21)29-6-8-30-9-7-29/h4-5,10-11,14,25H,6-9H2,1-3H3. The number of hydrogen-bond donors (Lipinski definition) is 1. The number of nitrogens with zero attached hydrogens (tertiary/aromatic N) is 5. The highest BCUT2D eigenvalue weighted by molar-refractivity contribution is 6.29. The average molecular weight is 423 g/mol. The lowest BCUT2D eigenvalue weighted by atomic mass is 10.0. The molecule has 0 radical (unpaired) electrons. The number of pyridine rings is 1. The van der Waals surface area contributed by atoms with E-state index in [1.54, 1.807) is 6.07 Å². The molecule has 2 aromatic heterocycles. The van der Waals surface area contributed by atoms with Crippen molar-refractivity contribution in [3.8, 4) is 6.07 Å². The Morgan fingerprint density at radius 2 is 1.93 bits per heavy atom. The quantitative estimate of drug-likeness (QED) is 0.631. The van der Waals surface area contributed by atoms with Crippen molar-refractivity contribution in [2.75, 3.05) is 36.5 Å². The van der Waals surface area contributed by atoms with Gasteiger partial charge in [-0.15, -0.1) is 0 Å². The molecule has 3 heterocycles. The number of hydrogen-bond acceptors (Lipinski definition) is 7. The highest BCUT2D eigenvalue weighted by Crippen LogP contribution is 2.30. The van der Waals surface area contributed by atoms with Crippen molar-refractivity contribution in [1.82, 2.24) is 15.0 Å². The zero-order valence-electron chi connectivity index (χ0n) is 17.2. The fourth-order valence-electron chi connectivity index (χ4n) is 3.72. The molecule has 1 fully saturated rings. The van der Waals surface area contributed by atoms with E-state index in [1.807, 2.05) is 26.0 Å². The lowest BCUT2D eigenvalue weighted by Crippen LogP contribution is -2.37. The van der Waals surface area contributed by atoms with Crippen molar-refractivity contribution in [3.63, 3.8) is 0 Å². The number of benzene rings is 1. The van der Waals surface area contributed by atoms with Gasteiger partial charge in [0, 0.05) is 18.7 Å². The van der Waals surface area contributed by atoms with E-state index in [0.29, 0.717) is 43.0 Å². The molecule has 1 atom stereocenters. The minimum absolute atomic E-state index is 0.0474. The maximum absolute atomic E-state index is 9.66. The van der Waals surface area contributed by atoms with Gasteiger partial charge in [0.2, 0.25) is 0 Å². The van der Waals surface area contributed by atoms with Gasteiger partial charge >= 0.3 is 0 Å². The lowest BCUT2D eigenvalue weighted by molar-refractivity contribution is 0.122. The summed E-state index contributed by atoms with van der Waals surface area (Å²) in [5.74, 6) is 0.620. The minimum Gasteiger partial charge on any atom is -0.378 e. The van der Waals surface area contributed by atoms with Crippen LogP contribution in [0.1, 0.15) is 35.5 Å². The summed E-state index contributed by atoms with van der Waals surface area (Å²) in [6, 6.07) is 9.95. The first-order chi connectivity index (χ1) is 14.5. The van der Waals surface area contributed by atoms with Gasteiger partial charge in [0.15, 0.2) is 11.5 Å². The Hall–Kier alpha value is -2.95. The molecule has 0 amide bonds. The highest BCUT2D eigenvalue weighted by Gasteiger charge is 2.21. The molecule has 8 heteroatoms. The third kappa shape index (κ3) is 4.02. The second kappa shape index (κ2) is 8.42. The first-order valence-corrected chi connectivity index (χ1v) is 10.3. The van der Waals surface area contributed by atoms with Crippen LogP contribution in [0.15, 0.2) is 24.3 Å². The summed E-state index contributed by atoms with van der Waals surface area (Å²) in [5.41, 5.74) is 5.69. The molecule has 1 aliphatic heterocycles. The minimum atomic E-state index is -0.0474. The van der Waals surface area contributed by atoms with Crippen LogP contribution in [0.3, 0.4) is 0 Å². The van der Waals surface area contributed by atoms with E-state index in [9.17, 15) is 5.26 Å². The maximum Gasteiger partial charge on any atom is 0.183 e. The number of aromatic nitrogens is 3. The highest BCUT2D eigenvalue weighted by atomic mass is 35.5. The van der Waals surface area contributed by atoms with Crippen molar-refractivity contribution in [2.24, 2.45) is 0 Å². The number of rotatable bonds is 4. The van der Waals surface area contributed by atoms with Crippen molar-refractivity contribution in [1.29, 1.82) is 5.26 Å². The number of morpholine rings is 1. The first kappa shape index (κ1) is 20.3. The van der Waals surface area contributed by atoms with Crippen LogP contribution in [0.2, 0.25) is 5.15 Å². The zero-order valence-corrected chi connectivity index (χ0v) is 18.0. The molecule has 154 valence electrons. The molecule has 1 N–H and O–H groups in total. The Morgan fingerprint density at radius 3 is 2.63 bits per heavy atom. The number of fused-ring (bicyclic) bond motifs is 1. The summed E-state index contributed by atoms with van der Waals surface area (Å²) < 4.78 is 5.45. The van der Waals surface area contributed by atoms with Gasteiger partial charge in [-0.05, 0) is 44.5 Å². The Bertz CT molecular complexity index is 1140. The Morgan fingerprint density at radius 1 is 1.17 bits per heavy atom. The number of ether oxygens (including phenoxy) is 1.